The molecule has 0 fully saturated rings. The Bertz CT molecular complexity index is 1140. The van der Waals surface area contributed by atoms with Crippen molar-refractivity contribution in [3.8, 4) is 0 Å². The van der Waals surface area contributed by atoms with Crippen LogP contribution in [0.5, 0.6) is 0 Å². The summed E-state index contributed by atoms with van der Waals surface area (Å²) in [4.78, 5) is 30.0. The quantitative estimate of drug-likeness (QED) is 0.542. The van der Waals surface area contributed by atoms with E-state index in [2.05, 4.69) is 9.97 Å². The molecular weight excluding hydrogens is 270 g/mol. The third-order valence-electron chi connectivity index (χ3n) is 3.57. The van der Waals surface area contributed by atoms with Crippen LogP contribution in [0.25, 0.3) is 33.5 Å². The lowest BCUT2D eigenvalue weighted by molar-refractivity contribution is -0.129. The Balaban J connectivity index is 2.46. The van der Waals surface area contributed by atoms with Crippen molar-refractivity contribution in [2.24, 2.45) is 0 Å². The predicted molar refractivity (Wildman–Crippen MR) is 78.1 cm³/mol. The fourth-order valence-corrected chi connectivity index (χ4v) is 2.79. The Morgan fingerprint density at radius 3 is 2.81 bits per heavy atom. The number of aromatic nitrogens is 3. The van der Waals surface area contributed by atoms with Crippen LogP contribution in [0.2, 0.25) is 0 Å². The Morgan fingerprint density at radius 1 is 1.29 bits per heavy atom. The summed E-state index contributed by atoms with van der Waals surface area (Å²) >= 11 is 0. The largest absolute Gasteiger partial charge is 0.478 e. The van der Waals surface area contributed by atoms with E-state index in [1.165, 1.54) is 6.20 Å². The molecule has 0 aliphatic heterocycles. The number of rotatable bonds is 1. The van der Waals surface area contributed by atoms with Crippen LogP contribution in [0, 0.1) is 0 Å². The van der Waals surface area contributed by atoms with Gasteiger partial charge in [-0.1, -0.05) is 24.3 Å². The van der Waals surface area contributed by atoms with Gasteiger partial charge < -0.3 is 10.1 Å². The van der Waals surface area contributed by atoms with E-state index < -0.39 is 5.97 Å². The summed E-state index contributed by atoms with van der Waals surface area (Å²) in [6.45, 7) is 0. The van der Waals surface area contributed by atoms with Gasteiger partial charge in [-0.05, 0) is 5.39 Å². The molecule has 0 spiro atoms. The van der Waals surface area contributed by atoms with Crippen LogP contribution < -0.4 is 10.8 Å². The summed E-state index contributed by atoms with van der Waals surface area (Å²) in [5, 5.41) is 11.3. The number of hydrogen-bond donors (Lipinski definition) is 2. The topological polar surface area (TPSA) is 87.5 Å². The molecule has 0 amide bonds. The van der Waals surface area contributed by atoms with Gasteiger partial charge in [0.2, 0.25) is 5.65 Å². The molecular formula is C15H9N3O3. The average Bonchev–Trinajstić information content (AvgIpc) is 3.04. The van der Waals surface area contributed by atoms with E-state index in [4.69, 9.17) is 5.11 Å². The number of carboxylic acid groups (broad SMARTS) is 1. The number of H-pyrrole nitrogens is 1. The minimum Gasteiger partial charge on any atom is -0.478 e. The number of aromatic amines is 1. The fourth-order valence-electron chi connectivity index (χ4n) is 2.79. The third-order valence-corrected chi connectivity index (χ3v) is 3.57. The minimum absolute atomic E-state index is 0.248. The standard InChI is InChI=1S/C15H9N3O3/c19-11(20)7-10-8-3-1-2-4-9(8)12-13(10)18-6-5-16-14(18)15(21)17-12/h1-7H,(H,17,21)(H,19,20)/b10-7-. The molecule has 6 heteroatoms. The number of benzene rings is 1. The predicted octanol–water partition coefficient (Wildman–Crippen LogP) is 0.913. The van der Waals surface area contributed by atoms with Crippen LogP contribution >= 0.6 is 0 Å². The lowest BCUT2D eigenvalue weighted by atomic mass is 10.2. The van der Waals surface area contributed by atoms with Crippen molar-refractivity contribution in [1.82, 2.24) is 14.4 Å². The Labute approximate surface area is 116 Å². The SMILES string of the molecule is O=C(O)/C=c1/c2ccccc2c2[nH]c(=O)c3nccn3c12. The zero-order chi connectivity index (χ0) is 14.6. The highest BCUT2D eigenvalue weighted by Crippen LogP contribution is 2.21. The van der Waals surface area contributed by atoms with Gasteiger partial charge in [0.25, 0.3) is 5.56 Å². The van der Waals surface area contributed by atoms with Crippen molar-refractivity contribution < 1.29 is 9.90 Å². The van der Waals surface area contributed by atoms with Crippen molar-refractivity contribution in [1.29, 1.82) is 0 Å². The molecule has 2 heterocycles. The van der Waals surface area contributed by atoms with Gasteiger partial charge in [-0.3, -0.25) is 9.20 Å². The normalized spacial score (nSPS) is 12.7. The van der Waals surface area contributed by atoms with Gasteiger partial charge >= 0.3 is 5.97 Å². The number of aliphatic carboxylic acids is 1. The second-order valence-corrected chi connectivity index (χ2v) is 4.74. The Hall–Kier alpha value is -3.15. The van der Waals surface area contributed by atoms with Crippen LogP contribution in [-0.2, 0) is 4.79 Å². The summed E-state index contributed by atoms with van der Waals surface area (Å²) in [6.07, 6.45) is 4.33. The summed E-state index contributed by atoms with van der Waals surface area (Å²) in [5.41, 5.74) is 1.21. The summed E-state index contributed by atoms with van der Waals surface area (Å²) < 4.78 is 1.63. The molecule has 4 aromatic rings. The van der Waals surface area contributed by atoms with Gasteiger partial charge in [0.05, 0.1) is 11.0 Å². The van der Waals surface area contributed by atoms with E-state index in [-0.39, 0.29) is 11.2 Å². The van der Waals surface area contributed by atoms with Crippen molar-refractivity contribution in [3.05, 3.63) is 52.2 Å². The smallest absolute Gasteiger partial charge is 0.329 e. The number of hydrogen-bond acceptors (Lipinski definition) is 3. The van der Waals surface area contributed by atoms with E-state index in [0.29, 0.717) is 16.3 Å². The van der Waals surface area contributed by atoms with E-state index >= 15 is 0 Å². The molecule has 0 bridgehead atoms. The molecule has 2 aromatic carbocycles. The molecule has 102 valence electrons. The molecule has 0 atom stereocenters. The first-order valence-corrected chi connectivity index (χ1v) is 6.31. The summed E-state index contributed by atoms with van der Waals surface area (Å²) in [6, 6.07) is 7.38. The van der Waals surface area contributed by atoms with Gasteiger partial charge in [-0.15, -0.1) is 0 Å². The molecule has 0 aliphatic carbocycles. The molecule has 6 nitrogen and oxygen atoms in total. The van der Waals surface area contributed by atoms with Gasteiger partial charge in [0.15, 0.2) is 0 Å². The van der Waals surface area contributed by atoms with Gasteiger partial charge in [-0.2, -0.15) is 0 Å². The maximum atomic E-state index is 12.1. The fraction of sp³-hybridized carbons (Fsp3) is 0. The van der Waals surface area contributed by atoms with Crippen LogP contribution in [0.3, 0.4) is 0 Å². The zero-order valence-electron chi connectivity index (χ0n) is 10.7. The molecule has 0 saturated carbocycles. The second kappa shape index (κ2) is 3.92. The maximum Gasteiger partial charge on any atom is 0.329 e. The highest BCUT2D eigenvalue weighted by molar-refractivity contribution is 6.13. The van der Waals surface area contributed by atoms with Crippen molar-refractivity contribution in [2.75, 3.05) is 0 Å². The molecule has 2 aromatic heterocycles. The molecule has 0 aliphatic rings. The number of imidazole rings is 1. The van der Waals surface area contributed by atoms with Gasteiger partial charge in [0.1, 0.15) is 0 Å². The minimum atomic E-state index is -1.04. The highest BCUT2D eigenvalue weighted by atomic mass is 16.4. The number of nitrogens with zero attached hydrogens (tertiary/aromatic N) is 2. The number of carbonyl (C=O) groups is 1. The third kappa shape index (κ3) is 1.50. The van der Waals surface area contributed by atoms with Gasteiger partial charge in [0, 0.05) is 29.1 Å². The first-order valence-electron chi connectivity index (χ1n) is 6.31. The highest BCUT2D eigenvalue weighted by Gasteiger charge is 2.13. The van der Waals surface area contributed by atoms with Gasteiger partial charge in [-0.25, -0.2) is 9.78 Å². The lowest BCUT2D eigenvalue weighted by Gasteiger charge is -1.97. The number of nitrogens with one attached hydrogen (secondary N) is 1. The average molecular weight is 279 g/mol. The van der Waals surface area contributed by atoms with Crippen LogP contribution in [0.15, 0.2) is 41.5 Å². The van der Waals surface area contributed by atoms with Crippen LogP contribution in [-0.4, -0.2) is 25.4 Å². The Kier molecular flexibility index (Phi) is 2.18. The van der Waals surface area contributed by atoms with Crippen molar-refractivity contribution in [2.45, 2.75) is 0 Å². The summed E-state index contributed by atoms with van der Waals surface area (Å²) in [7, 11) is 0. The number of fused-ring (bicyclic) bond motifs is 5. The van der Waals surface area contributed by atoms with Crippen molar-refractivity contribution in [3.63, 3.8) is 0 Å². The molecule has 0 radical (unpaired) electrons. The van der Waals surface area contributed by atoms with E-state index in [0.717, 1.165) is 16.8 Å². The van der Waals surface area contributed by atoms with Crippen LogP contribution in [0.4, 0.5) is 0 Å². The Morgan fingerprint density at radius 2 is 2.05 bits per heavy atom. The molecule has 0 unspecified atom stereocenters. The molecule has 2 N–H and O–H groups in total. The second-order valence-electron chi connectivity index (χ2n) is 4.74. The van der Waals surface area contributed by atoms with Crippen molar-refractivity contribution >= 4 is 39.5 Å². The first kappa shape index (κ1) is 11.7. The maximum absolute atomic E-state index is 12.1. The monoisotopic (exact) mass is 279 g/mol. The lowest BCUT2D eigenvalue weighted by Crippen LogP contribution is -2.13. The number of carboxylic acids is 1. The first-order chi connectivity index (χ1) is 10.2. The van der Waals surface area contributed by atoms with E-state index in [1.807, 2.05) is 24.3 Å². The molecule has 0 saturated heterocycles. The molecule has 4 rings (SSSR count). The van der Waals surface area contributed by atoms with E-state index in [9.17, 15) is 9.59 Å². The van der Waals surface area contributed by atoms with Crippen LogP contribution in [0.1, 0.15) is 0 Å². The zero-order valence-corrected chi connectivity index (χ0v) is 10.7. The van der Waals surface area contributed by atoms with E-state index in [1.54, 1.807) is 10.6 Å². The summed E-state index contributed by atoms with van der Waals surface area (Å²) in [5.74, 6) is -1.04. The molecule has 21 heavy (non-hydrogen) atoms.